The van der Waals surface area contributed by atoms with E-state index in [2.05, 4.69) is 5.10 Å². The van der Waals surface area contributed by atoms with Gasteiger partial charge in [0.2, 0.25) is 0 Å². The summed E-state index contributed by atoms with van der Waals surface area (Å²) in [5.74, 6) is -0.331. The number of morpholine rings is 1. The topological polar surface area (TPSA) is 47.4 Å². The van der Waals surface area contributed by atoms with Gasteiger partial charge in [-0.15, -0.1) is 0 Å². The maximum atomic E-state index is 13.4. The molecule has 1 saturated heterocycles. The lowest BCUT2D eigenvalue weighted by Crippen LogP contribution is -2.42. The smallest absolute Gasteiger partial charge is 0.274 e. The third-order valence-electron chi connectivity index (χ3n) is 5.73. The fourth-order valence-corrected chi connectivity index (χ4v) is 4.26. The first-order valence-electron chi connectivity index (χ1n) is 10.0. The molecule has 0 N–H and O–H groups in total. The molecule has 1 aliphatic carbocycles. The molecular weight excluding hydrogens is 369 g/mol. The summed E-state index contributed by atoms with van der Waals surface area (Å²) in [5.41, 5.74) is 4.48. The zero-order valence-electron chi connectivity index (χ0n) is 16.1. The number of amides is 1. The number of benzene rings is 2. The second-order valence-corrected chi connectivity index (χ2v) is 7.54. The molecule has 1 aromatic heterocycles. The van der Waals surface area contributed by atoms with Gasteiger partial charge in [0.15, 0.2) is 5.69 Å². The second-order valence-electron chi connectivity index (χ2n) is 7.54. The third-order valence-corrected chi connectivity index (χ3v) is 5.73. The SMILES string of the molecule is O=C(c1nn(-c2ccc(F)cc2)c2c1CCC2)N1CCO[C@H](c2ccccc2)C1. The first kappa shape index (κ1) is 18.1. The normalized spacial score (nSPS) is 18.7. The highest BCUT2D eigenvalue weighted by atomic mass is 19.1. The summed E-state index contributed by atoms with van der Waals surface area (Å²) in [5, 5.41) is 4.67. The Morgan fingerprint density at radius 3 is 2.66 bits per heavy atom. The van der Waals surface area contributed by atoms with Crippen LogP contribution in [0.2, 0.25) is 0 Å². The van der Waals surface area contributed by atoms with Crippen LogP contribution in [-0.2, 0) is 17.6 Å². The Balaban J connectivity index is 1.44. The van der Waals surface area contributed by atoms with E-state index in [4.69, 9.17) is 4.74 Å². The van der Waals surface area contributed by atoms with E-state index in [-0.39, 0.29) is 17.8 Å². The van der Waals surface area contributed by atoms with Crippen molar-refractivity contribution in [1.29, 1.82) is 0 Å². The van der Waals surface area contributed by atoms with Crippen LogP contribution in [0.1, 0.15) is 39.8 Å². The minimum absolute atomic E-state index is 0.0479. The van der Waals surface area contributed by atoms with Crippen LogP contribution < -0.4 is 0 Å². The Morgan fingerprint density at radius 1 is 1.07 bits per heavy atom. The maximum absolute atomic E-state index is 13.4. The number of carbonyl (C=O) groups is 1. The van der Waals surface area contributed by atoms with Crippen molar-refractivity contribution in [3.8, 4) is 5.69 Å². The Labute approximate surface area is 168 Å². The summed E-state index contributed by atoms with van der Waals surface area (Å²) < 4.78 is 21.0. The van der Waals surface area contributed by atoms with Crippen molar-refractivity contribution in [1.82, 2.24) is 14.7 Å². The summed E-state index contributed by atoms with van der Waals surface area (Å²) in [7, 11) is 0. The molecule has 1 fully saturated rings. The number of carbonyl (C=O) groups excluding carboxylic acids is 1. The van der Waals surface area contributed by atoms with Gasteiger partial charge in [-0.2, -0.15) is 5.10 Å². The van der Waals surface area contributed by atoms with Crippen LogP contribution >= 0.6 is 0 Å². The van der Waals surface area contributed by atoms with Crippen LogP contribution in [0.4, 0.5) is 4.39 Å². The zero-order valence-corrected chi connectivity index (χ0v) is 16.1. The van der Waals surface area contributed by atoms with Crippen LogP contribution in [0.15, 0.2) is 54.6 Å². The minimum atomic E-state index is -0.283. The van der Waals surface area contributed by atoms with Crippen LogP contribution in [-0.4, -0.2) is 40.3 Å². The van der Waals surface area contributed by atoms with Crippen molar-refractivity contribution >= 4 is 5.91 Å². The molecule has 1 atom stereocenters. The lowest BCUT2D eigenvalue weighted by atomic mass is 10.1. The molecular formula is C23H22FN3O2. The van der Waals surface area contributed by atoms with E-state index in [0.717, 1.165) is 41.8 Å². The summed E-state index contributed by atoms with van der Waals surface area (Å²) >= 11 is 0. The number of fused-ring (bicyclic) bond motifs is 1. The molecule has 2 aliphatic rings. The monoisotopic (exact) mass is 391 g/mol. The Bertz CT molecular complexity index is 1030. The Hall–Kier alpha value is -2.99. The van der Waals surface area contributed by atoms with Crippen molar-refractivity contribution in [2.75, 3.05) is 19.7 Å². The fourth-order valence-electron chi connectivity index (χ4n) is 4.26. The van der Waals surface area contributed by atoms with E-state index in [0.29, 0.717) is 25.4 Å². The Kier molecular flexibility index (Phi) is 4.64. The number of hydrogen-bond donors (Lipinski definition) is 0. The molecule has 2 heterocycles. The highest BCUT2D eigenvalue weighted by molar-refractivity contribution is 5.94. The number of ether oxygens (including phenoxy) is 1. The summed E-state index contributed by atoms with van der Waals surface area (Å²) in [4.78, 5) is 15.2. The Morgan fingerprint density at radius 2 is 1.86 bits per heavy atom. The summed E-state index contributed by atoms with van der Waals surface area (Å²) in [6.45, 7) is 1.58. The number of aromatic nitrogens is 2. The molecule has 3 aromatic rings. The summed E-state index contributed by atoms with van der Waals surface area (Å²) in [6, 6.07) is 16.2. The molecule has 148 valence electrons. The van der Waals surface area contributed by atoms with E-state index < -0.39 is 0 Å². The van der Waals surface area contributed by atoms with Gasteiger partial charge in [-0.3, -0.25) is 4.79 Å². The minimum Gasteiger partial charge on any atom is -0.370 e. The van der Waals surface area contributed by atoms with Crippen LogP contribution in [0.25, 0.3) is 5.69 Å². The van der Waals surface area contributed by atoms with Gasteiger partial charge in [0, 0.05) is 17.8 Å². The molecule has 2 aromatic carbocycles. The lowest BCUT2D eigenvalue weighted by Gasteiger charge is -2.33. The molecule has 1 aliphatic heterocycles. The predicted octanol–water partition coefficient (Wildman–Crippen LogP) is 3.71. The van der Waals surface area contributed by atoms with Gasteiger partial charge in [0.05, 0.1) is 18.8 Å². The van der Waals surface area contributed by atoms with Gasteiger partial charge in [0.25, 0.3) is 5.91 Å². The molecule has 0 radical (unpaired) electrons. The molecule has 0 unspecified atom stereocenters. The zero-order chi connectivity index (χ0) is 19.8. The second kappa shape index (κ2) is 7.44. The van der Waals surface area contributed by atoms with Gasteiger partial charge in [-0.05, 0) is 49.1 Å². The number of hydrogen-bond acceptors (Lipinski definition) is 3. The fraction of sp³-hybridized carbons (Fsp3) is 0.304. The number of rotatable bonds is 3. The van der Waals surface area contributed by atoms with E-state index in [1.54, 1.807) is 12.1 Å². The predicted molar refractivity (Wildman–Crippen MR) is 107 cm³/mol. The van der Waals surface area contributed by atoms with Crippen LogP contribution in [0, 0.1) is 5.82 Å². The van der Waals surface area contributed by atoms with Gasteiger partial charge in [-0.25, -0.2) is 9.07 Å². The molecule has 5 nitrogen and oxygen atoms in total. The van der Waals surface area contributed by atoms with Gasteiger partial charge in [-0.1, -0.05) is 30.3 Å². The van der Waals surface area contributed by atoms with Gasteiger partial charge < -0.3 is 9.64 Å². The van der Waals surface area contributed by atoms with Crippen molar-refractivity contribution < 1.29 is 13.9 Å². The first-order valence-corrected chi connectivity index (χ1v) is 10.0. The maximum Gasteiger partial charge on any atom is 0.274 e. The molecule has 6 heteroatoms. The highest BCUT2D eigenvalue weighted by Gasteiger charge is 2.32. The highest BCUT2D eigenvalue weighted by Crippen LogP contribution is 2.30. The average Bonchev–Trinajstić information content (AvgIpc) is 3.38. The van der Waals surface area contributed by atoms with E-state index >= 15 is 0 Å². The molecule has 0 bridgehead atoms. The molecule has 1 amide bonds. The summed E-state index contributed by atoms with van der Waals surface area (Å²) in [6.07, 6.45) is 2.61. The average molecular weight is 391 g/mol. The largest absolute Gasteiger partial charge is 0.370 e. The quantitative estimate of drug-likeness (QED) is 0.684. The molecule has 0 saturated carbocycles. The molecule has 5 rings (SSSR count). The van der Waals surface area contributed by atoms with Gasteiger partial charge in [0.1, 0.15) is 11.9 Å². The molecule has 29 heavy (non-hydrogen) atoms. The standard InChI is InChI=1S/C23H22FN3O2/c24-17-9-11-18(12-10-17)27-20-8-4-7-19(20)22(25-27)23(28)26-13-14-29-21(15-26)16-5-2-1-3-6-16/h1-3,5-6,9-12,21H,4,7-8,13-15H2/t21-/m0/s1. The van der Waals surface area contributed by atoms with Crippen LogP contribution in [0.3, 0.4) is 0 Å². The van der Waals surface area contributed by atoms with Gasteiger partial charge >= 0.3 is 0 Å². The van der Waals surface area contributed by atoms with E-state index in [9.17, 15) is 9.18 Å². The van der Waals surface area contributed by atoms with E-state index in [1.165, 1.54) is 12.1 Å². The number of nitrogens with zero attached hydrogens (tertiary/aromatic N) is 3. The molecule has 0 spiro atoms. The van der Waals surface area contributed by atoms with Crippen molar-refractivity contribution in [2.24, 2.45) is 0 Å². The van der Waals surface area contributed by atoms with E-state index in [1.807, 2.05) is 39.9 Å². The lowest BCUT2D eigenvalue weighted by molar-refractivity contribution is -0.0230. The van der Waals surface area contributed by atoms with Crippen LogP contribution in [0.5, 0.6) is 0 Å². The van der Waals surface area contributed by atoms with Crippen molar-refractivity contribution in [3.05, 3.63) is 82.9 Å². The number of halogens is 1. The van der Waals surface area contributed by atoms with Crippen molar-refractivity contribution in [3.63, 3.8) is 0 Å². The third kappa shape index (κ3) is 3.34. The van der Waals surface area contributed by atoms with Crippen molar-refractivity contribution in [2.45, 2.75) is 25.4 Å². The first-order chi connectivity index (χ1) is 14.2.